The van der Waals surface area contributed by atoms with Crippen molar-refractivity contribution in [2.24, 2.45) is 0 Å². The first-order valence-corrected chi connectivity index (χ1v) is 10.1. The third-order valence-electron chi connectivity index (χ3n) is 5.57. The van der Waals surface area contributed by atoms with Gasteiger partial charge in [-0.3, -0.25) is 4.90 Å². The van der Waals surface area contributed by atoms with Crippen molar-refractivity contribution in [3.63, 3.8) is 0 Å². The predicted molar refractivity (Wildman–Crippen MR) is 108 cm³/mol. The molecule has 4 rings (SSSR count). The summed E-state index contributed by atoms with van der Waals surface area (Å²) in [5, 5.41) is 0.761. The van der Waals surface area contributed by atoms with Crippen molar-refractivity contribution in [1.82, 2.24) is 4.90 Å². The van der Waals surface area contributed by atoms with E-state index in [1.54, 1.807) is 0 Å². The molecule has 142 valence electrons. The Hall–Kier alpha value is -2.04. The van der Waals surface area contributed by atoms with Crippen LogP contribution in [0, 0.1) is 0 Å². The maximum Gasteiger partial charge on any atom is 0.338 e. The molecule has 2 aliphatic heterocycles. The molecular formula is C22H25ClN2O2. The average molecular weight is 385 g/mol. The van der Waals surface area contributed by atoms with Crippen LogP contribution in [0.15, 0.2) is 48.5 Å². The molecule has 0 radical (unpaired) electrons. The maximum atomic E-state index is 11.9. The van der Waals surface area contributed by atoms with Gasteiger partial charge in [0.2, 0.25) is 0 Å². The SMILES string of the molecule is CCOC(=O)c1ccc(N2C[C@@H]3CCCCN3[C@H]2c2ccc(Cl)cc2)cc1. The Morgan fingerprint density at radius 1 is 1.11 bits per heavy atom. The minimum atomic E-state index is -0.267. The molecule has 0 bridgehead atoms. The van der Waals surface area contributed by atoms with E-state index in [-0.39, 0.29) is 12.1 Å². The fraction of sp³-hybridized carbons (Fsp3) is 0.409. The van der Waals surface area contributed by atoms with Crippen LogP contribution in [0.5, 0.6) is 0 Å². The molecule has 2 aliphatic rings. The quantitative estimate of drug-likeness (QED) is 0.702. The Morgan fingerprint density at radius 3 is 2.56 bits per heavy atom. The Labute approximate surface area is 165 Å². The van der Waals surface area contributed by atoms with Gasteiger partial charge in [-0.25, -0.2) is 4.79 Å². The number of carbonyl (C=O) groups is 1. The highest BCUT2D eigenvalue weighted by Crippen LogP contribution is 2.41. The van der Waals surface area contributed by atoms with Crippen molar-refractivity contribution in [3.8, 4) is 0 Å². The lowest BCUT2D eigenvalue weighted by atomic mass is 10.0. The van der Waals surface area contributed by atoms with Crippen LogP contribution in [-0.4, -0.2) is 36.6 Å². The number of piperidine rings is 1. The van der Waals surface area contributed by atoms with Gasteiger partial charge in [0.25, 0.3) is 0 Å². The van der Waals surface area contributed by atoms with Gasteiger partial charge in [0.15, 0.2) is 0 Å². The Kier molecular flexibility index (Phi) is 5.37. The summed E-state index contributed by atoms with van der Waals surface area (Å²) in [7, 11) is 0. The Balaban J connectivity index is 1.64. The normalized spacial score (nSPS) is 22.5. The van der Waals surface area contributed by atoms with Crippen molar-refractivity contribution in [1.29, 1.82) is 0 Å². The molecule has 2 saturated heterocycles. The molecule has 2 aromatic carbocycles. The number of anilines is 1. The van der Waals surface area contributed by atoms with E-state index in [1.165, 1.54) is 24.8 Å². The first-order chi connectivity index (χ1) is 13.2. The molecular weight excluding hydrogens is 360 g/mol. The molecule has 5 heteroatoms. The predicted octanol–water partition coefficient (Wildman–Crippen LogP) is 4.89. The fourth-order valence-corrected chi connectivity index (χ4v) is 4.43. The summed E-state index contributed by atoms with van der Waals surface area (Å²) in [5.41, 5.74) is 3.00. The summed E-state index contributed by atoms with van der Waals surface area (Å²) in [6, 6.07) is 16.6. The molecule has 2 heterocycles. The van der Waals surface area contributed by atoms with Crippen molar-refractivity contribution >= 4 is 23.3 Å². The van der Waals surface area contributed by atoms with E-state index in [2.05, 4.69) is 21.9 Å². The standard InChI is InChI=1S/C22H25ClN2O2/c1-2-27-22(26)17-8-12-19(13-9-17)25-15-20-5-3-4-14-24(20)21(25)16-6-10-18(23)11-7-16/h6-13,20-21H,2-5,14-15H2,1H3/t20-,21+/m0/s1. The van der Waals surface area contributed by atoms with Gasteiger partial charge in [-0.1, -0.05) is 30.2 Å². The molecule has 0 saturated carbocycles. The lowest BCUT2D eigenvalue weighted by Crippen LogP contribution is -2.37. The van der Waals surface area contributed by atoms with Gasteiger partial charge >= 0.3 is 5.97 Å². The van der Waals surface area contributed by atoms with Gasteiger partial charge < -0.3 is 9.64 Å². The molecule has 0 N–H and O–H groups in total. The van der Waals surface area contributed by atoms with Gasteiger partial charge in [0, 0.05) is 29.8 Å². The van der Waals surface area contributed by atoms with Crippen molar-refractivity contribution in [2.45, 2.75) is 38.4 Å². The van der Waals surface area contributed by atoms with Crippen molar-refractivity contribution < 1.29 is 9.53 Å². The van der Waals surface area contributed by atoms with Crippen LogP contribution in [0.2, 0.25) is 5.02 Å². The zero-order valence-corrected chi connectivity index (χ0v) is 16.4. The van der Waals surface area contributed by atoms with Crippen LogP contribution < -0.4 is 4.90 Å². The molecule has 0 amide bonds. The van der Waals surface area contributed by atoms with Crippen molar-refractivity contribution in [2.75, 3.05) is 24.6 Å². The van der Waals surface area contributed by atoms with Crippen molar-refractivity contribution in [3.05, 3.63) is 64.7 Å². The fourth-order valence-electron chi connectivity index (χ4n) is 4.30. The third kappa shape index (κ3) is 3.69. The molecule has 0 aliphatic carbocycles. The number of halogens is 1. The summed E-state index contributed by atoms with van der Waals surface area (Å²) >= 11 is 6.11. The minimum absolute atomic E-state index is 0.209. The maximum absolute atomic E-state index is 11.9. The number of carbonyl (C=O) groups excluding carboxylic acids is 1. The Bertz CT molecular complexity index is 791. The summed E-state index contributed by atoms with van der Waals surface area (Å²) < 4.78 is 5.10. The largest absolute Gasteiger partial charge is 0.462 e. The summed E-state index contributed by atoms with van der Waals surface area (Å²) in [4.78, 5) is 17.0. The highest BCUT2D eigenvalue weighted by atomic mass is 35.5. The number of ether oxygens (including phenoxy) is 1. The zero-order valence-electron chi connectivity index (χ0n) is 15.6. The average Bonchev–Trinajstić information content (AvgIpc) is 3.08. The van der Waals surface area contributed by atoms with E-state index >= 15 is 0 Å². The smallest absolute Gasteiger partial charge is 0.338 e. The number of hydrogen-bond acceptors (Lipinski definition) is 4. The summed E-state index contributed by atoms with van der Waals surface area (Å²) in [6.45, 7) is 4.34. The number of esters is 1. The van der Waals surface area contributed by atoms with E-state index in [1.807, 2.05) is 43.3 Å². The lowest BCUT2D eigenvalue weighted by molar-refractivity contribution is 0.0526. The highest BCUT2D eigenvalue weighted by molar-refractivity contribution is 6.30. The second-order valence-electron chi connectivity index (χ2n) is 7.23. The monoisotopic (exact) mass is 384 g/mol. The number of benzene rings is 2. The van der Waals surface area contributed by atoms with Gasteiger partial charge in [0.1, 0.15) is 6.17 Å². The van der Waals surface area contributed by atoms with Crippen LogP contribution >= 0.6 is 11.6 Å². The second-order valence-corrected chi connectivity index (χ2v) is 7.67. The number of fused-ring (bicyclic) bond motifs is 1. The zero-order chi connectivity index (χ0) is 18.8. The lowest BCUT2D eigenvalue weighted by Gasteiger charge is -2.35. The highest BCUT2D eigenvalue weighted by Gasteiger charge is 2.41. The first-order valence-electron chi connectivity index (χ1n) is 9.72. The molecule has 2 aromatic rings. The molecule has 0 unspecified atom stereocenters. The van der Waals surface area contributed by atoms with E-state index in [9.17, 15) is 4.79 Å². The van der Waals surface area contributed by atoms with Crippen LogP contribution in [-0.2, 0) is 4.74 Å². The van der Waals surface area contributed by atoms with Crippen LogP contribution in [0.1, 0.15) is 48.3 Å². The molecule has 4 nitrogen and oxygen atoms in total. The third-order valence-corrected chi connectivity index (χ3v) is 5.82. The number of nitrogens with zero attached hydrogens (tertiary/aromatic N) is 2. The van der Waals surface area contributed by atoms with Crippen LogP contribution in [0.3, 0.4) is 0 Å². The molecule has 2 atom stereocenters. The topological polar surface area (TPSA) is 32.8 Å². The first kappa shape index (κ1) is 18.3. The Morgan fingerprint density at radius 2 is 1.85 bits per heavy atom. The second kappa shape index (κ2) is 7.91. The van der Waals surface area contributed by atoms with Gasteiger partial charge in [-0.15, -0.1) is 0 Å². The summed E-state index contributed by atoms with van der Waals surface area (Å²) in [6.07, 6.45) is 3.99. The van der Waals surface area contributed by atoms with Crippen LogP contribution in [0.4, 0.5) is 5.69 Å². The van der Waals surface area contributed by atoms with Crippen LogP contribution in [0.25, 0.3) is 0 Å². The molecule has 0 spiro atoms. The molecule has 2 fully saturated rings. The van der Waals surface area contributed by atoms with Gasteiger partial charge in [0.05, 0.1) is 12.2 Å². The van der Waals surface area contributed by atoms with Gasteiger partial charge in [-0.05, 0) is 61.7 Å². The number of rotatable bonds is 4. The van der Waals surface area contributed by atoms with E-state index in [0.717, 1.165) is 23.8 Å². The van der Waals surface area contributed by atoms with Gasteiger partial charge in [-0.2, -0.15) is 0 Å². The number of hydrogen-bond donors (Lipinski definition) is 0. The molecule has 0 aromatic heterocycles. The summed E-state index contributed by atoms with van der Waals surface area (Å²) in [5.74, 6) is -0.267. The van der Waals surface area contributed by atoms with E-state index < -0.39 is 0 Å². The molecule has 27 heavy (non-hydrogen) atoms. The van der Waals surface area contributed by atoms with E-state index in [4.69, 9.17) is 16.3 Å². The van der Waals surface area contributed by atoms with E-state index in [0.29, 0.717) is 18.2 Å². The minimum Gasteiger partial charge on any atom is -0.462 e.